The van der Waals surface area contributed by atoms with Crippen molar-refractivity contribution in [2.75, 3.05) is 7.11 Å². The predicted octanol–water partition coefficient (Wildman–Crippen LogP) is -0.123. The highest BCUT2D eigenvalue weighted by molar-refractivity contribution is 5.12. The second-order valence-electron chi connectivity index (χ2n) is 1.64. The van der Waals surface area contributed by atoms with Crippen molar-refractivity contribution in [3.8, 4) is 5.88 Å². The normalized spacial score (nSPS) is 9.56. The summed E-state index contributed by atoms with van der Waals surface area (Å²) in [6.45, 7) is 0.469. The standard InChI is InChI=1S/C5H9N3O/c1-9-5-2-4(3-6)7-8-5/h2H,3,6H2,1H3,(H,7,8). The monoisotopic (exact) mass is 127 g/mol. The first-order valence-corrected chi connectivity index (χ1v) is 2.65. The summed E-state index contributed by atoms with van der Waals surface area (Å²) in [5.41, 5.74) is 6.17. The lowest BCUT2D eigenvalue weighted by Gasteiger charge is -1.85. The number of ether oxygens (including phenoxy) is 1. The number of hydrogen-bond acceptors (Lipinski definition) is 3. The van der Waals surface area contributed by atoms with E-state index in [0.717, 1.165) is 5.69 Å². The summed E-state index contributed by atoms with van der Waals surface area (Å²) >= 11 is 0. The maximum absolute atomic E-state index is 5.29. The van der Waals surface area contributed by atoms with Gasteiger partial charge in [-0.2, -0.15) is 0 Å². The minimum absolute atomic E-state index is 0.469. The minimum atomic E-state index is 0.469. The van der Waals surface area contributed by atoms with E-state index in [2.05, 4.69) is 10.2 Å². The van der Waals surface area contributed by atoms with Crippen LogP contribution in [-0.2, 0) is 6.54 Å². The first-order valence-electron chi connectivity index (χ1n) is 2.65. The highest BCUT2D eigenvalue weighted by Gasteiger charge is 1.95. The lowest BCUT2D eigenvalue weighted by molar-refractivity contribution is 0.397. The van der Waals surface area contributed by atoms with E-state index in [1.165, 1.54) is 0 Å². The van der Waals surface area contributed by atoms with Crippen LogP contribution in [-0.4, -0.2) is 17.3 Å². The Bertz CT molecular complexity index is 166. The minimum Gasteiger partial charge on any atom is -0.480 e. The molecule has 0 aliphatic rings. The van der Waals surface area contributed by atoms with E-state index < -0.39 is 0 Å². The van der Waals surface area contributed by atoms with Crippen LogP contribution >= 0.6 is 0 Å². The van der Waals surface area contributed by atoms with E-state index in [9.17, 15) is 0 Å². The van der Waals surface area contributed by atoms with Crippen molar-refractivity contribution in [1.82, 2.24) is 10.2 Å². The molecule has 4 heteroatoms. The lowest BCUT2D eigenvalue weighted by Crippen LogP contribution is -1.95. The Morgan fingerprint density at radius 1 is 1.89 bits per heavy atom. The summed E-state index contributed by atoms with van der Waals surface area (Å²) in [7, 11) is 1.57. The Morgan fingerprint density at radius 2 is 2.67 bits per heavy atom. The zero-order chi connectivity index (χ0) is 6.69. The Labute approximate surface area is 53.0 Å². The average molecular weight is 127 g/mol. The summed E-state index contributed by atoms with van der Waals surface area (Å²) < 4.78 is 4.80. The Morgan fingerprint density at radius 3 is 3.00 bits per heavy atom. The van der Waals surface area contributed by atoms with Gasteiger partial charge in [-0.3, -0.25) is 5.10 Å². The fourth-order valence-corrected chi connectivity index (χ4v) is 0.550. The molecule has 1 rings (SSSR count). The van der Waals surface area contributed by atoms with Crippen LogP contribution in [0.25, 0.3) is 0 Å². The van der Waals surface area contributed by atoms with Gasteiger partial charge in [-0.1, -0.05) is 0 Å². The van der Waals surface area contributed by atoms with Crippen molar-refractivity contribution >= 4 is 0 Å². The number of nitrogens with zero attached hydrogens (tertiary/aromatic N) is 1. The molecular formula is C5H9N3O. The summed E-state index contributed by atoms with van der Waals surface area (Å²) in [6, 6.07) is 1.76. The Kier molecular flexibility index (Phi) is 1.69. The van der Waals surface area contributed by atoms with Gasteiger partial charge < -0.3 is 10.5 Å². The highest BCUT2D eigenvalue weighted by Crippen LogP contribution is 2.04. The van der Waals surface area contributed by atoms with Crippen LogP contribution in [0.5, 0.6) is 5.88 Å². The molecule has 0 saturated heterocycles. The largest absolute Gasteiger partial charge is 0.480 e. The zero-order valence-electron chi connectivity index (χ0n) is 5.22. The van der Waals surface area contributed by atoms with Crippen molar-refractivity contribution in [2.24, 2.45) is 5.73 Å². The molecule has 1 heterocycles. The van der Waals surface area contributed by atoms with Gasteiger partial charge in [0.1, 0.15) is 0 Å². The molecule has 0 fully saturated rings. The van der Waals surface area contributed by atoms with Gasteiger partial charge in [0.25, 0.3) is 0 Å². The van der Waals surface area contributed by atoms with Crippen LogP contribution in [0.4, 0.5) is 0 Å². The molecule has 1 aromatic heterocycles. The van der Waals surface area contributed by atoms with E-state index in [0.29, 0.717) is 12.4 Å². The summed E-state index contributed by atoms with van der Waals surface area (Å²) in [6.07, 6.45) is 0. The summed E-state index contributed by atoms with van der Waals surface area (Å²) in [5, 5.41) is 6.48. The van der Waals surface area contributed by atoms with Gasteiger partial charge in [-0.05, 0) is 0 Å². The predicted molar refractivity (Wildman–Crippen MR) is 33.0 cm³/mol. The van der Waals surface area contributed by atoms with Gasteiger partial charge in [0.05, 0.1) is 12.8 Å². The van der Waals surface area contributed by atoms with Crippen LogP contribution in [0.2, 0.25) is 0 Å². The molecule has 0 unspecified atom stereocenters. The number of nitrogens with two attached hydrogens (primary N) is 1. The Hall–Kier alpha value is -1.03. The zero-order valence-corrected chi connectivity index (χ0v) is 5.22. The topological polar surface area (TPSA) is 63.9 Å². The molecule has 0 bridgehead atoms. The van der Waals surface area contributed by atoms with Gasteiger partial charge in [-0.25, -0.2) is 0 Å². The van der Waals surface area contributed by atoms with Crippen LogP contribution in [0.15, 0.2) is 6.07 Å². The molecule has 3 N–H and O–H groups in total. The molecule has 1 aromatic rings. The number of hydrogen-bond donors (Lipinski definition) is 2. The van der Waals surface area contributed by atoms with Crippen molar-refractivity contribution < 1.29 is 4.74 Å². The molecule has 0 saturated carbocycles. The van der Waals surface area contributed by atoms with Crippen molar-refractivity contribution in [3.63, 3.8) is 0 Å². The molecule has 0 atom stereocenters. The second kappa shape index (κ2) is 2.50. The number of H-pyrrole nitrogens is 1. The fraction of sp³-hybridized carbons (Fsp3) is 0.400. The SMILES string of the molecule is COc1cc(CN)[nH]n1. The van der Waals surface area contributed by atoms with E-state index in [-0.39, 0.29) is 0 Å². The average Bonchev–Trinajstić information content (AvgIpc) is 2.34. The molecule has 0 aliphatic carbocycles. The molecule has 0 amide bonds. The molecule has 50 valence electrons. The quantitative estimate of drug-likeness (QED) is 0.582. The van der Waals surface area contributed by atoms with Gasteiger partial charge in [-0.15, -0.1) is 5.10 Å². The first kappa shape index (κ1) is 6.10. The van der Waals surface area contributed by atoms with Crippen LogP contribution < -0.4 is 10.5 Å². The number of aromatic amines is 1. The molecule has 0 radical (unpaired) electrons. The molecule has 0 aliphatic heterocycles. The maximum Gasteiger partial charge on any atom is 0.232 e. The van der Waals surface area contributed by atoms with Gasteiger partial charge in [0.2, 0.25) is 5.88 Å². The number of aromatic nitrogens is 2. The van der Waals surface area contributed by atoms with Crippen LogP contribution in [0.1, 0.15) is 5.69 Å². The number of nitrogens with one attached hydrogen (secondary N) is 1. The summed E-state index contributed by atoms with van der Waals surface area (Å²) in [5.74, 6) is 0.579. The number of methoxy groups -OCH3 is 1. The van der Waals surface area contributed by atoms with E-state index in [4.69, 9.17) is 10.5 Å². The third-order valence-electron chi connectivity index (χ3n) is 1.04. The second-order valence-corrected chi connectivity index (χ2v) is 1.64. The third kappa shape index (κ3) is 1.20. The smallest absolute Gasteiger partial charge is 0.232 e. The maximum atomic E-state index is 5.29. The molecular weight excluding hydrogens is 118 g/mol. The first-order chi connectivity index (χ1) is 4.36. The van der Waals surface area contributed by atoms with Crippen molar-refractivity contribution in [2.45, 2.75) is 6.54 Å². The van der Waals surface area contributed by atoms with E-state index in [1.807, 2.05) is 0 Å². The van der Waals surface area contributed by atoms with Gasteiger partial charge in [0, 0.05) is 12.6 Å². The van der Waals surface area contributed by atoms with E-state index in [1.54, 1.807) is 13.2 Å². The molecule has 0 aromatic carbocycles. The third-order valence-corrected chi connectivity index (χ3v) is 1.04. The van der Waals surface area contributed by atoms with Crippen LogP contribution in [0.3, 0.4) is 0 Å². The molecule has 0 spiro atoms. The lowest BCUT2D eigenvalue weighted by atomic mass is 10.4. The van der Waals surface area contributed by atoms with Gasteiger partial charge >= 0.3 is 0 Å². The Balaban J connectivity index is 2.74. The van der Waals surface area contributed by atoms with Crippen molar-refractivity contribution in [1.29, 1.82) is 0 Å². The van der Waals surface area contributed by atoms with Crippen molar-refractivity contribution in [3.05, 3.63) is 11.8 Å². The van der Waals surface area contributed by atoms with Gasteiger partial charge in [0.15, 0.2) is 0 Å². The van der Waals surface area contributed by atoms with Crippen LogP contribution in [0, 0.1) is 0 Å². The summed E-state index contributed by atoms with van der Waals surface area (Å²) in [4.78, 5) is 0. The van der Waals surface area contributed by atoms with E-state index >= 15 is 0 Å². The molecule has 9 heavy (non-hydrogen) atoms. The number of rotatable bonds is 2. The molecule has 4 nitrogen and oxygen atoms in total. The highest BCUT2D eigenvalue weighted by atomic mass is 16.5. The fourth-order valence-electron chi connectivity index (χ4n) is 0.550.